The van der Waals surface area contributed by atoms with E-state index in [0.29, 0.717) is 5.92 Å². The van der Waals surface area contributed by atoms with Crippen molar-refractivity contribution >= 4 is 11.6 Å². The predicted molar refractivity (Wildman–Crippen MR) is 67.5 cm³/mol. The van der Waals surface area contributed by atoms with Gasteiger partial charge in [-0.05, 0) is 49.5 Å². The Hall–Kier alpha value is -1.18. The number of carbonyl (C=O) groups excluding carboxylic acids is 2. The monoisotopic (exact) mass is 232 g/mol. The van der Waals surface area contributed by atoms with E-state index in [4.69, 9.17) is 0 Å². The van der Waals surface area contributed by atoms with Crippen molar-refractivity contribution in [3.8, 4) is 0 Å². The van der Waals surface area contributed by atoms with Gasteiger partial charge in [-0.3, -0.25) is 9.59 Å². The number of fused-ring (bicyclic) bond motifs is 1. The Kier molecular flexibility index (Phi) is 3.60. The third-order valence-electron chi connectivity index (χ3n) is 4.09. The smallest absolute Gasteiger partial charge is 0.221 e. The first-order valence-electron chi connectivity index (χ1n) is 6.54. The molecule has 2 rings (SSSR count). The van der Waals surface area contributed by atoms with E-state index in [-0.39, 0.29) is 11.7 Å². The SMILES string of the molecule is C=CC(=O)C(=O)C(CC)CC1C=CC2CC2C1. The molecule has 1 fully saturated rings. The number of carbonyl (C=O) groups is 2. The van der Waals surface area contributed by atoms with E-state index in [0.717, 1.165) is 30.8 Å². The molecule has 4 unspecified atom stereocenters. The van der Waals surface area contributed by atoms with Gasteiger partial charge in [0, 0.05) is 5.92 Å². The summed E-state index contributed by atoms with van der Waals surface area (Å²) in [6, 6.07) is 0. The first-order valence-corrected chi connectivity index (χ1v) is 6.54. The van der Waals surface area contributed by atoms with Crippen molar-refractivity contribution < 1.29 is 9.59 Å². The molecular formula is C15H20O2. The molecule has 17 heavy (non-hydrogen) atoms. The van der Waals surface area contributed by atoms with Crippen LogP contribution in [0.3, 0.4) is 0 Å². The summed E-state index contributed by atoms with van der Waals surface area (Å²) in [4.78, 5) is 23.2. The maximum atomic E-state index is 11.8. The second-order valence-corrected chi connectivity index (χ2v) is 5.31. The fourth-order valence-electron chi connectivity index (χ4n) is 2.85. The molecule has 4 atom stereocenters. The van der Waals surface area contributed by atoms with Gasteiger partial charge in [-0.2, -0.15) is 0 Å². The van der Waals surface area contributed by atoms with Crippen LogP contribution in [0.5, 0.6) is 0 Å². The van der Waals surface area contributed by atoms with Crippen molar-refractivity contribution in [1.82, 2.24) is 0 Å². The number of allylic oxidation sites excluding steroid dienone is 3. The molecule has 92 valence electrons. The summed E-state index contributed by atoms with van der Waals surface area (Å²) >= 11 is 0. The topological polar surface area (TPSA) is 34.1 Å². The van der Waals surface area contributed by atoms with Gasteiger partial charge in [0.05, 0.1) is 0 Å². The van der Waals surface area contributed by atoms with Gasteiger partial charge in [-0.1, -0.05) is 25.7 Å². The fourth-order valence-corrected chi connectivity index (χ4v) is 2.85. The Bertz CT molecular complexity index is 367. The van der Waals surface area contributed by atoms with Crippen molar-refractivity contribution in [2.24, 2.45) is 23.7 Å². The molecule has 0 radical (unpaired) electrons. The van der Waals surface area contributed by atoms with E-state index in [2.05, 4.69) is 18.7 Å². The van der Waals surface area contributed by atoms with Gasteiger partial charge in [-0.15, -0.1) is 0 Å². The first-order chi connectivity index (χ1) is 8.15. The summed E-state index contributed by atoms with van der Waals surface area (Å²) < 4.78 is 0. The van der Waals surface area contributed by atoms with Crippen LogP contribution in [0, 0.1) is 23.7 Å². The lowest BCUT2D eigenvalue weighted by Crippen LogP contribution is -2.24. The van der Waals surface area contributed by atoms with Gasteiger partial charge in [0.15, 0.2) is 0 Å². The Morgan fingerprint density at radius 2 is 2.18 bits per heavy atom. The summed E-state index contributed by atoms with van der Waals surface area (Å²) in [6.07, 6.45) is 9.79. The summed E-state index contributed by atoms with van der Waals surface area (Å²) in [6.45, 7) is 5.36. The van der Waals surface area contributed by atoms with E-state index in [9.17, 15) is 9.59 Å². The molecule has 0 heterocycles. The second kappa shape index (κ2) is 4.99. The average Bonchev–Trinajstić information content (AvgIpc) is 3.12. The molecule has 2 aliphatic rings. The average molecular weight is 232 g/mol. The van der Waals surface area contributed by atoms with Crippen molar-refractivity contribution in [3.05, 3.63) is 24.8 Å². The Labute approximate surface area is 103 Å². The van der Waals surface area contributed by atoms with Crippen LogP contribution in [0.2, 0.25) is 0 Å². The quantitative estimate of drug-likeness (QED) is 0.401. The number of ketones is 2. The molecule has 2 nitrogen and oxygen atoms in total. The third kappa shape index (κ3) is 2.74. The van der Waals surface area contributed by atoms with Gasteiger partial charge in [0.2, 0.25) is 11.6 Å². The van der Waals surface area contributed by atoms with E-state index in [1.807, 2.05) is 6.92 Å². The lowest BCUT2D eigenvalue weighted by molar-refractivity contribution is -0.136. The Morgan fingerprint density at radius 1 is 1.41 bits per heavy atom. The van der Waals surface area contributed by atoms with Crippen LogP contribution in [0.15, 0.2) is 24.8 Å². The zero-order chi connectivity index (χ0) is 12.4. The molecule has 2 heteroatoms. The van der Waals surface area contributed by atoms with Crippen LogP contribution in [0.1, 0.15) is 32.6 Å². The lowest BCUT2D eigenvalue weighted by Gasteiger charge is -2.20. The molecule has 0 spiro atoms. The molecule has 0 N–H and O–H groups in total. The van der Waals surface area contributed by atoms with Gasteiger partial charge in [0.25, 0.3) is 0 Å². The Balaban J connectivity index is 1.92. The minimum atomic E-state index is -0.430. The third-order valence-corrected chi connectivity index (χ3v) is 4.09. The molecule has 0 amide bonds. The number of hydrogen-bond acceptors (Lipinski definition) is 2. The van der Waals surface area contributed by atoms with Gasteiger partial charge < -0.3 is 0 Å². The fraction of sp³-hybridized carbons (Fsp3) is 0.600. The highest BCUT2D eigenvalue weighted by atomic mass is 16.2. The van der Waals surface area contributed by atoms with E-state index < -0.39 is 5.78 Å². The van der Waals surface area contributed by atoms with Crippen molar-refractivity contribution in [2.45, 2.75) is 32.6 Å². The highest BCUT2D eigenvalue weighted by molar-refractivity contribution is 6.42. The predicted octanol–water partition coefficient (Wildman–Crippen LogP) is 2.94. The standard InChI is InChI=1S/C15H20O2/c1-3-11(15(17)14(16)4-2)7-10-5-6-12-9-13(12)8-10/h4-6,10-13H,2-3,7-9H2,1H3. The van der Waals surface area contributed by atoms with Crippen LogP contribution < -0.4 is 0 Å². The summed E-state index contributed by atoms with van der Waals surface area (Å²) in [5.41, 5.74) is 0. The summed E-state index contributed by atoms with van der Waals surface area (Å²) in [5, 5.41) is 0. The van der Waals surface area contributed by atoms with Gasteiger partial charge in [-0.25, -0.2) is 0 Å². The number of hydrogen-bond donors (Lipinski definition) is 0. The summed E-state index contributed by atoms with van der Waals surface area (Å²) in [7, 11) is 0. The zero-order valence-electron chi connectivity index (χ0n) is 10.4. The minimum Gasteiger partial charge on any atom is -0.290 e. The normalized spacial score (nSPS) is 31.5. The molecule has 0 aliphatic heterocycles. The van der Waals surface area contributed by atoms with Crippen LogP contribution in [-0.4, -0.2) is 11.6 Å². The number of Topliss-reactive ketones (excluding diaryl/α,β-unsaturated/α-hetero) is 1. The highest BCUT2D eigenvalue weighted by Crippen LogP contribution is 2.48. The van der Waals surface area contributed by atoms with Crippen LogP contribution in [-0.2, 0) is 9.59 Å². The molecule has 1 saturated carbocycles. The van der Waals surface area contributed by atoms with Gasteiger partial charge >= 0.3 is 0 Å². The largest absolute Gasteiger partial charge is 0.290 e. The molecule has 0 aromatic rings. The molecule has 0 aromatic heterocycles. The lowest BCUT2D eigenvalue weighted by atomic mass is 9.83. The first kappa shape index (κ1) is 12.3. The van der Waals surface area contributed by atoms with Crippen molar-refractivity contribution in [3.63, 3.8) is 0 Å². The number of rotatable bonds is 6. The van der Waals surface area contributed by atoms with Crippen LogP contribution >= 0.6 is 0 Å². The maximum Gasteiger partial charge on any atom is 0.221 e. The van der Waals surface area contributed by atoms with Crippen molar-refractivity contribution in [2.75, 3.05) is 0 Å². The highest BCUT2D eigenvalue weighted by Gasteiger charge is 2.39. The van der Waals surface area contributed by atoms with Crippen molar-refractivity contribution in [1.29, 1.82) is 0 Å². The molecule has 2 aliphatic carbocycles. The van der Waals surface area contributed by atoms with Crippen LogP contribution in [0.4, 0.5) is 0 Å². The molecule has 0 bridgehead atoms. The van der Waals surface area contributed by atoms with E-state index >= 15 is 0 Å². The molecular weight excluding hydrogens is 212 g/mol. The van der Waals surface area contributed by atoms with Gasteiger partial charge in [0.1, 0.15) is 0 Å². The minimum absolute atomic E-state index is 0.120. The molecule has 0 aromatic carbocycles. The summed E-state index contributed by atoms with van der Waals surface area (Å²) in [5.74, 6) is 1.36. The second-order valence-electron chi connectivity index (χ2n) is 5.31. The van der Waals surface area contributed by atoms with E-state index in [1.54, 1.807) is 0 Å². The van der Waals surface area contributed by atoms with Crippen LogP contribution in [0.25, 0.3) is 0 Å². The maximum absolute atomic E-state index is 11.8. The molecule has 0 saturated heterocycles. The zero-order valence-corrected chi connectivity index (χ0v) is 10.4. The van der Waals surface area contributed by atoms with E-state index in [1.165, 1.54) is 12.8 Å². The Morgan fingerprint density at radius 3 is 2.76 bits per heavy atom.